The van der Waals surface area contributed by atoms with Crippen molar-refractivity contribution in [1.29, 1.82) is 5.26 Å². The van der Waals surface area contributed by atoms with Crippen molar-refractivity contribution in [3.8, 4) is 28.7 Å². The molecule has 1 aliphatic heterocycles. The number of ether oxygens (including phenoxy) is 4. The van der Waals surface area contributed by atoms with Crippen LogP contribution >= 0.6 is 8.53 Å². The molecule has 1 saturated heterocycles. The predicted molar refractivity (Wildman–Crippen MR) is 262 cm³/mol. The van der Waals surface area contributed by atoms with Crippen LogP contribution in [-0.2, 0) is 30.5 Å². The molecule has 346 valence electrons. The van der Waals surface area contributed by atoms with Crippen LogP contribution in [0.2, 0.25) is 0 Å². The number of nitrogens with zero attached hydrogens (tertiary/aromatic N) is 3. The molecule has 1 fully saturated rings. The third kappa shape index (κ3) is 10.1. The highest BCUT2D eigenvalue weighted by Crippen LogP contribution is 2.51. The van der Waals surface area contributed by atoms with Crippen LogP contribution in [0.5, 0.6) is 11.5 Å². The van der Waals surface area contributed by atoms with Crippen molar-refractivity contribution < 1.29 is 28.0 Å². The quantitative estimate of drug-likeness (QED) is 0.0474. The summed E-state index contributed by atoms with van der Waals surface area (Å²) in [5.41, 5.74) is 6.38. The topological polar surface area (TPSA) is 137 Å². The maximum atomic E-state index is 13.9. The average Bonchev–Trinajstić information content (AvgIpc) is 3.93. The fraction of sp³-hybridized carbons (Fsp3) is 0.315. The number of H-pyrrole nitrogens is 1. The van der Waals surface area contributed by atoms with Gasteiger partial charge in [0.15, 0.2) is 0 Å². The third-order valence-electron chi connectivity index (χ3n) is 12.3. The number of methoxy groups -OCH3 is 2. The van der Waals surface area contributed by atoms with E-state index in [1.54, 1.807) is 26.5 Å². The van der Waals surface area contributed by atoms with E-state index in [0.717, 1.165) is 28.7 Å². The summed E-state index contributed by atoms with van der Waals surface area (Å²) >= 11 is 0. The Kier molecular flexibility index (Phi) is 15.0. The number of fused-ring (bicyclic) bond motifs is 3. The first-order valence-corrected chi connectivity index (χ1v) is 23.8. The Morgan fingerprint density at radius 1 is 0.806 bits per heavy atom. The Balaban J connectivity index is 1.18. The zero-order chi connectivity index (χ0) is 47.1. The minimum absolute atomic E-state index is 0.00517. The van der Waals surface area contributed by atoms with Crippen molar-refractivity contribution in [2.75, 3.05) is 27.4 Å². The second kappa shape index (κ2) is 21.2. The van der Waals surface area contributed by atoms with Gasteiger partial charge in [0.25, 0.3) is 14.1 Å². The van der Waals surface area contributed by atoms with Gasteiger partial charge in [0.05, 0.1) is 51.6 Å². The summed E-state index contributed by atoms with van der Waals surface area (Å²) < 4.78 is 42.4. The van der Waals surface area contributed by atoms with Gasteiger partial charge < -0.3 is 28.0 Å². The lowest BCUT2D eigenvalue weighted by Gasteiger charge is -2.39. The summed E-state index contributed by atoms with van der Waals surface area (Å²) in [7, 11) is 1.53. The molecule has 67 heavy (non-hydrogen) atoms. The summed E-state index contributed by atoms with van der Waals surface area (Å²) in [5.74, 6) is 1.39. The maximum Gasteiger partial charge on any atom is 0.330 e. The minimum atomic E-state index is -1.73. The molecule has 5 aromatic carbocycles. The van der Waals surface area contributed by atoms with Crippen LogP contribution in [-0.4, -0.2) is 65.9 Å². The SMILES string of the molecule is COc1ccc(C(OC[C@H]2O[C@@H](n3cc(/C=C/c4cccc5c4Cc4ccccc4-5)c(=O)[nH]c3=O)C[C@@H]2OP(OCCC#N)N(C(C)C)C(C)C)(c2ccccc2)c2ccc(OC)cc2)cc1. The maximum absolute atomic E-state index is 13.9. The Morgan fingerprint density at radius 2 is 1.42 bits per heavy atom. The van der Waals surface area contributed by atoms with E-state index in [4.69, 9.17) is 28.0 Å². The number of hydrogen-bond donors (Lipinski definition) is 1. The number of hydrogen-bond acceptors (Lipinski definition) is 10. The van der Waals surface area contributed by atoms with Gasteiger partial charge in [-0.3, -0.25) is 14.3 Å². The van der Waals surface area contributed by atoms with E-state index >= 15 is 0 Å². The molecular formula is C54H57N4O8P. The minimum Gasteiger partial charge on any atom is -0.497 e. The first-order valence-electron chi connectivity index (χ1n) is 22.7. The number of aromatic nitrogens is 2. The highest BCUT2D eigenvalue weighted by atomic mass is 31.2. The molecular weight excluding hydrogens is 864 g/mol. The molecule has 6 aromatic rings. The summed E-state index contributed by atoms with van der Waals surface area (Å²) in [6.45, 7) is 8.50. The molecule has 2 heterocycles. The van der Waals surface area contributed by atoms with Gasteiger partial charge in [-0.1, -0.05) is 103 Å². The van der Waals surface area contributed by atoms with E-state index < -0.39 is 43.8 Å². The summed E-state index contributed by atoms with van der Waals surface area (Å²) in [5, 5.41) is 9.47. The van der Waals surface area contributed by atoms with Gasteiger partial charge in [-0.2, -0.15) is 5.26 Å². The molecule has 0 radical (unpaired) electrons. The van der Waals surface area contributed by atoms with Gasteiger partial charge >= 0.3 is 5.69 Å². The summed E-state index contributed by atoms with van der Waals surface area (Å²) in [6.07, 6.45) is 4.17. The zero-order valence-corrected chi connectivity index (χ0v) is 39.7. The van der Waals surface area contributed by atoms with E-state index in [1.807, 2.05) is 103 Å². The van der Waals surface area contributed by atoms with Crippen LogP contribution in [0.25, 0.3) is 23.3 Å². The van der Waals surface area contributed by atoms with Gasteiger partial charge in [0.2, 0.25) is 0 Å². The Hall–Kier alpha value is -6.16. The van der Waals surface area contributed by atoms with Crippen LogP contribution in [0, 0.1) is 11.3 Å². The van der Waals surface area contributed by atoms with Crippen molar-refractivity contribution in [2.45, 2.75) is 83.1 Å². The molecule has 0 saturated carbocycles. The lowest BCUT2D eigenvalue weighted by molar-refractivity contribution is -0.0925. The summed E-state index contributed by atoms with van der Waals surface area (Å²) in [4.78, 5) is 29.9. The van der Waals surface area contributed by atoms with Gasteiger partial charge in [0, 0.05) is 24.7 Å². The van der Waals surface area contributed by atoms with Crippen LogP contribution in [0.1, 0.15) is 85.7 Å². The molecule has 0 spiro atoms. The fourth-order valence-corrected chi connectivity index (χ4v) is 10.9. The fourth-order valence-electron chi connectivity index (χ4n) is 9.17. The molecule has 2 aliphatic rings. The van der Waals surface area contributed by atoms with Crippen molar-refractivity contribution in [1.82, 2.24) is 14.2 Å². The van der Waals surface area contributed by atoms with E-state index in [9.17, 15) is 14.9 Å². The smallest absolute Gasteiger partial charge is 0.330 e. The Bertz CT molecular complexity index is 2760. The molecule has 8 rings (SSSR count). The van der Waals surface area contributed by atoms with Gasteiger partial charge in [-0.25, -0.2) is 9.46 Å². The molecule has 12 nitrogen and oxygen atoms in total. The number of benzene rings is 5. The Morgan fingerprint density at radius 3 is 2.06 bits per heavy atom. The molecule has 1 unspecified atom stereocenters. The zero-order valence-electron chi connectivity index (χ0n) is 38.8. The number of nitriles is 1. The third-order valence-corrected chi connectivity index (χ3v) is 14.5. The van der Waals surface area contributed by atoms with Crippen LogP contribution < -0.4 is 20.7 Å². The van der Waals surface area contributed by atoms with E-state index in [1.165, 1.54) is 26.8 Å². The van der Waals surface area contributed by atoms with Crippen LogP contribution in [0.4, 0.5) is 0 Å². The predicted octanol–water partition coefficient (Wildman–Crippen LogP) is 10.3. The average molecular weight is 921 g/mol. The Labute approximate surface area is 393 Å². The lowest BCUT2D eigenvalue weighted by atomic mass is 9.80. The summed E-state index contributed by atoms with van der Waals surface area (Å²) in [6, 6.07) is 42.4. The number of rotatable bonds is 19. The standard InChI is InChI=1S/C54H57N4O8P/c1-36(2)58(37(3)4)67(64-31-13-30-55)66-49-33-51(57-34-40(52(59)56-53(57)60)21-20-38-15-12-19-47-46-18-11-10-14-39(46)32-48(38)47)65-50(49)35-63-54(41-16-8-7-9-17-41,42-22-26-44(61-5)27-23-42)43-24-28-45(62-6)29-25-43/h7-12,14-29,34,36-37,49-51H,13,31-33,35H2,1-6H3,(H,56,59,60)/b21-20+/t49-,50+,51+,67?/m0/s1. The van der Waals surface area contributed by atoms with Gasteiger partial charge in [-0.05, 0) is 109 Å². The van der Waals surface area contributed by atoms with Crippen LogP contribution in [0.3, 0.4) is 0 Å². The normalized spacial score (nSPS) is 17.2. The molecule has 1 N–H and O–H groups in total. The highest BCUT2D eigenvalue weighted by molar-refractivity contribution is 7.44. The molecule has 1 aromatic heterocycles. The van der Waals surface area contributed by atoms with Gasteiger partial charge in [0.1, 0.15) is 29.4 Å². The van der Waals surface area contributed by atoms with Crippen molar-refractivity contribution in [3.63, 3.8) is 0 Å². The van der Waals surface area contributed by atoms with Crippen LogP contribution in [0.15, 0.2) is 137 Å². The second-order valence-electron chi connectivity index (χ2n) is 17.2. The second-order valence-corrected chi connectivity index (χ2v) is 18.6. The van der Waals surface area contributed by atoms with E-state index in [2.05, 4.69) is 67.7 Å². The number of aromatic amines is 1. The van der Waals surface area contributed by atoms with E-state index in [0.29, 0.717) is 17.1 Å². The molecule has 1 aliphatic carbocycles. The van der Waals surface area contributed by atoms with Crippen molar-refractivity contribution in [2.24, 2.45) is 0 Å². The van der Waals surface area contributed by atoms with Crippen molar-refractivity contribution in [3.05, 3.63) is 187 Å². The van der Waals surface area contributed by atoms with Crippen molar-refractivity contribution >= 4 is 20.7 Å². The van der Waals surface area contributed by atoms with Gasteiger partial charge in [-0.15, -0.1) is 0 Å². The largest absolute Gasteiger partial charge is 0.497 e. The highest BCUT2D eigenvalue weighted by Gasteiger charge is 2.45. The molecule has 0 amide bonds. The lowest BCUT2D eigenvalue weighted by Crippen LogP contribution is -2.39. The first-order chi connectivity index (χ1) is 32.5. The molecule has 0 bridgehead atoms. The first kappa shape index (κ1) is 47.3. The molecule has 13 heteroatoms. The number of nitrogens with one attached hydrogen (secondary N) is 1. The van der Waals surface area contributed by atoms with E-state index in [-0.39, 0.29) is 38.1 Å². The monoisotopic (exact) mass is 920 g/mol. The molecule has 4 atom stereocenters.